The fourth-order valence-corrected chi connectivity index (χ4v) is 4.58. The van der Waals surface area contributed by atoms with E-state index in [0.29, 0.717) is 29.4 Å². The third kappa shape index (κ3) is 4.04. The molecule has 0 spiro atoms. The summed E-state index contributed by atoms with van der Waals surface area (Å²) < 4.78 is 12.3. The largest absolute Gasteiger partial charge is 0.497 e. The quantitative estimate of drug-likeness (QED) is 0.435. The number of carbonyl (C=O) groups is 2. The summed E-state index contributed by atoms with van der Waals surface area (Å²) in [5, 5.41) is 7.64. The van der Waals surface area contributed by atoms with Crippen LogP contribution < -0.4 is 15.0 Å². The Balaban J connectivity index is 1.53. The van der Waals surface area contributed by atoms with Crippen LogP contribution in [0.1, 0.15) is 34.1 Å². The van der Waals surface area contributed by atoms with Gasteiger partial charge in [-0.3, -0.25) is 19.2 Å². The van der Waals surface area contributed by atoms with E-state index in [9.17, 15) is 9.59 Å². The molecule has 184 valence electrons. The van der Waals surface area contributed by atoms with E-state index in [1.54, 1.807) is 48.1 Å². The van der Waals surface area contributed by atoms with Gasteiger partial charge in [0.2, 0.25) is 5.91 Å². The van der Waals surface area contributed by atoms with Crippen molar-refractivity contribution >= 4 is 17.5 Å². The van der Waals surface area contributed by atoms with E-state index in [1.165, 1.54) is 0 Å². The van der Waals surface area contributed by atoms with Crippen molar-refractivity contribution in [2.24, 2.45) is 0 Å². The van der Waals surface area contributed by atoms with Gasteiger partial charge in [0, 0.05) is 18.3 Å². The Bertz CT molecular complexity index is 1420. The third-order valence-corrected chi connectivity index (χ3v) is 6.63. The number of ether oxygens (including phenoxy) is 1. The highest BCUT2D eigenvalue weighted by Crippen LogP contribution is 2.36. The molecule has 5 rings (SSSR count). The zero-order chi connectivity index (χ0) is 25.4. The number of aromatic nitrogens is 2. The minimum Gasteiger partial charge on any atom is -0.497 e. The number of amides is 2. The molecule has 0 unspecified atom stereocenters. The van der Waals surface area contributed by atoms with Crippen LogP contribution in [0, 0.1) is 13.8 Å². The molecule has 1 N–H and O–H groups in total. The van der Waals surface area contributed by atoms with E-state index in [2.05, 4.69) is 10.4 Å². The van der Waals surface area contributed by atoms with Crippen molar-refractivity contribution in [3.8, 4) is 17.2 Å². The van der Waals surface area contributed by atoms with Crippen molar-refractivity contribution < 1.29 is 18.7 Å². The Hall–Kier alpha value is -4.33. The number of hydrogen-bond donors (Lipinski definition) is 1. The summed E-state index contributed by atoms with van der Waals surface area (Å²) in [6, 6.07) is 18.7. The van der Waals surface area contributed by atoms with Gasteiger partial charge in [0.15, 0.2) is 5.76 Å². The third-order valence-electron chi connectivity index (χ3n) is 6.63. The maximum atomic E-state index is 14.0. The van der Waals surface area contributed by atoms with E-state index >= 15 is 0 Å². The topological polar surface area (TPSA) is 89.6 Å². The first kappa shape index (κ1) is 23.4. The lowest BCUT2D eigenvalue weighted by atomic mass is 9.92. The van der Waals surface area contributed by atoms with E-state index < -0.39 is 5.54 Å². The molecule has 4 aromatic rings. The SMILES string of the molecule is COc1ccc(CNC(=O)[C@]2(C)Cn3nc(-c4ccco4)cc3C(=O)N2c2cc(C)ccc2C)cc1. The highest BCUT2D eigenvalue weighted by Gasteiger charge is 2.49. The van der Waals surface area contributed by atoms with E-state index in [1.807, 2.05) is 56.3 Å². The molecule has 0 saturated carbocycles. The zero-order valence-electron chi connectivity index (χ0n) is 20.7. The molecule has 0 saturated heterocycles. The Labute approximate surface area is 209 Å². The molecule has 1 aliphatic rings. The molecule has 1 atom stereocenters. The molecule has 3 heterocycles. The minimum atomic E-state index is -1.22. The van der Waals surface area contributed by atoms with Crippen molar-refractivity contribution in [2.45, 2.75) is 39.4 Å². The highest BCUT2D eigenvalue weighted by atomic mass is 16.5. The molecular weight excluding hydrogens is 456 g/mol. The first-order valence-corrected chi connectivity index (χ1v) is 11.7. The number of methoxy groups -OCH3 is 1. The minimum absolute atomic E-state index is 0.191. The molecule has 36 heavy (non-hydrogen) atoms. The van der Waals surface area contributed by atoms with Crippen LogP contribution in [0.15, 0.2) is 71.3 Å². The van der Waals surface area contributed by atoms with Crippen LogP contribution in [0.4, 0.5) is 5.69 Å². The Morgan fingerprint density at radius 1 is 1.14 bits per heavy atom. The predicted molar refractivity (Wildman–Crippen MR) is 136 cm³/mol. The van der Waals surface area contributed by atoms with Gasteiger partial charge in [0.25, 0.3) is 5.91 Å². The van der Waals surface area contributed by atoms with Crippen molar-refractivity contribution in [3.05, 3.63) is 89.3 Å². The fourth-order valence-electron chi connectivity index (χ4n) is 4.58. The summed E-state index contributed by atoms with van der Waals surface area (Å²) in [4.78, 5) is 29.4. The lowest BCUT2D eigenvalue weighted by Gasteiger charge is -2.43. The number of rotatable bonds is 6. The summed E-state index contributed by atoms with van der Waals surface area (Å²) in [6.45, 7) is 6.20. The molecule has 0 radical (unpaired) electrons. The van der Waals surface area contributed by atoms with Crippen LogP contribution in [0.25, 0.3) is 11.5 Å². The summed E-state index contributed by atoms with van der Waals surface area (Å²) in [7, 11) is 1.61. The number of aryl methyl sites for hydroxylation is 2. The molecule has 8 nitrogen and oxygen atoms in total. The average molecular weight is 485 g/mol. The predicted octanol–water partition coefficient (Wildman–Crippen LogP) is 4.50. The normalized spacial score (nSPS) is 17.1. The first-order valence-electron chi connectivity index (χ1n) is 11.7. The standard InChI is InChI=1S/C28H28N4O4/c1-18-7-8-19(2)23(14-18)32-26(33)24-15-22(25-6-5-13-36-25)30-31(24)17-28(32,3)27(34)29-16-20-9-11-21(35-4)12-10-20/h5-15H,16-17H2,1-4H3,(H,29,34)/t28-/m0/s1. The van der Waals surface area contributed by atoms with Crippen LogP contribution in [0.3, 0.4) is 0 Å². The Morgan fingerprint density at radius 3 is 2.61 bits per heavy atom. The molecule has 2 aromatic carbocycles. The van der Waals surface area contributed by atoms with E-state index in [4.69, 9.17) is 9.15 Å². The van der Waals surface area contributed by atoms with Crippen molar-refractivity contribution in [3.63, 3.8) is 0 Å². The van der Waals surface area contributed by atoms with Crippen LogP contribution in [0.2, 0.25) is 0 Å². The van der Waals surface area contributed by atoms with Gasteiger partial charge >= 0.3 is 0 Å². The number of nitrogens with one attached hydrogen (secondary N) is 1. The second-order valence-corrected chi connectivity index (χ2v) is 9.28. The average Bonchev–Trinajstić information content (AvgIpc) is 3.55. The number of furan rings is 1. The molecule has 0 aliphatic carbocycles. The maximum absolute atomic E-state index is 14.0. The lowest BCUT2D eigenvalue weighted by Crippen LogP contribution is -2.64. The molecule has 1 aliphatic heterocycles. The van der Waals surface area contributed by atoms with Gasteiger partial charge in [0.1, 0.15) is 22.7 Å². The van der Waals surface area contributed by atoms with Crippen molar-refractivity contribution in [1.82, 2.24) is 15.1 Å². The van der Waals surface area contributed by atoms with Gasteiger partial charge in [-0.25, -0.2) is 0 Å². The number of nitrogens with zero attached hydrogens (tertiary/aromatic N) is 3. The lowest BCUT2D eigenvalue weighted by molar-refractivity contribution is -0.126. The summed E-state index contributed by atoms with van der Waals surface area (Å²) in [5.74, 6) is 0.749. The van der Waals surface area contributed by atoms with Crippen LogP contribution >= 0.6 is 0 Å². The summed E-state index contributed by atoms with van der Waals surface area (Å²) in [6.07, 6.45) is 1.56. The Kier molecular flexibility index (Phi) is 5.88. The number of fused-ring (bicyclic) bond motifs is 1. The highest BCUT2D eigenvalue weighted by molar-refractivity contribution is 6.12. The smallest absolute Gasteiger partial charge is 0.277 e. The maximum Gasteiger partial charge on any atom is 0.277 e. The van der Waals surface area contributed by atoms with E-state index in [-0.39, 0.29) is 18.4 Å². The number of benzene rings is 2. The summed E-state index contributed by atoms with van der Waals surface area (Å²) >= 11 is 0. The van der Waals surface area contributed by atoms with Gasteiger partial charge in [-0.1, -0.05) is 24.3 Å². The molecular formula is C28H28N4O4. The number of carbonyl (C=O) groups excluding carboxylic acids is 2. The molecule has 0 bridgehead atoms. The van der Waals surface area contributed by atoms with Gasteiger partial charge in [-0.05, 0) is 67.8 Å². The van der Waals surface area contributed by atoms with Crippen molar-refractivity contribution in [2.75, 3.05) is 12.0 Å². The number of hydrogen-bond acceptors (Lipinski definition) is 5. The van der Waals surface area contributed by atoms with Crippen LogP contribution in [-0.4, -0.2) is 34.2 Å². The zero-order valence-corrected chi connectivity index (χ0v) is 20.7. The molecule has 8 heteroatoms. The van der Waals surface area contributed by atoms with Gasteiger partial charge in [-0.15, -0.1) is 0 Å². The Morgan fingerprint density at radius 2 is 1.92 bits per heavy atom. The van der Waals surface area contributed by atoms with E-state index in [0.717, 1.165) is 22.4 Å². The van der Waals surface area contributed by atoms with Gasteiger partial charge in [-0.2, -0.15) is 5.10 Å². The molecule has 2 amide bonds. The second kappa shape index (κ2) is 9.03. The first-order chi connectivity index (χ1) is 17.3. The van der Waals surface area contributed by atoms with Crippen LogP contribution in [-0.2, 0) is 17.9 Å². The van der Waals surface area contributed by atoms with Crippen molar-refractivity contribution in [1.29, 1.82) is 0 Å². The summed E-state index contributed by atoms with van der Waals surface area (Å²) in [5.41, 5.74) is 3.26. The fraction of sp³-hybridized carbons (Fsp3) is 0.250. The van der Waals surface area contributed by atoms with Gasteiger partial charge in [0.05, 0.1) is 19.9 Å². The van der Waals surface area contributed by atoms with Crippen LogP contribution in [0.5, 0.6) is 5.75 Å². The second-order valence-electron chi connectivity index (χ2n) is 9.28. The number of anilines is 1. The van der Waals surface area contributed by atoms with Gasteiger partial charge < -0.3 is 14.5 Å². The molecule has 2 aromatic heterocycles. The monoisotopic (exact) mass is 484 g/mol. The molecule has 0 fully saturated rings.